The summed E-state index contributed by atoms with van der Waals surface area (Å²) in [6, 6.07) is 20.1. The van der Waals surface area contributed by atoms with Gasteiger partial charge in [0, 0.05) is 35.1 Å². The number of aliphatic imine (C=N–C) groups is 1. The van der Waals surface area contributed by atoms with Gasteiger partial charge in [0.25, 0.3) is 0 Å². The van der Waals surface area contributed by atoms with E-state index in [0.29, 0.717) is 40.5 Å². The van der Waals surface area contributed by atoms with E-state index in [1.165, 1.54) is 0 Å². The summed E-state index contributed by atoms with van der Waals surface area (Å²) in [6.07, 6.45) is 0.461. The van der Waals surface area contributed by atoms with Crippen LogP contribution in [-0.2, 0) is 16.0 Å². The number of anilines is 1. The second-order valence-corrected chi connectivity index (χ2v) is 9.73. The van der Waals surface area contributed by atoms with Crippen LogP contribution in [-0.4, -0.2) is 65.4 Å². The van der Waals surface area contributed by atoms with Gasteiger partial charge in [0.15, 0.2) is 5.88 Å². The number of carboxylic acid groups (broad SMARTS) is 1. The molecule has 0 unspecified atom stereocenters. The molecule has 0 aliphatic heterocycles. The van der Waals surface area contributed by atoms with E-state index in [-0.39, 0.29) is 18.2 Å². The lowest BCUT2D eigenvalue weighted by Gasteiger charge is -2.19. The second-order valence-electron chi connectivity index (χ2n) is 9.30. The van der Waals surface area contributed by atoms with Gasteiger partial charge in [0.2, 0.25) is 5.91 Å². The van der Waals surface area contributed by atoms with Gasteiger partial charge in [0.05, 0.1) is 29.0 Å². The molecule has 4 aromatic rings. The molecule has 1 aromatic heterocycles. The monoisotopic (exact) mass is 532 g/mol. The number of carbonyl (C=O) groups is 2. The molecule has 0 spiro atoms. The van der Waals surface area contributed by atoms with Crippen LogP contribution in [0, 0.1) is 0 Å². The maximum absolute atomic E-state index is 12.4. The Balaban J connectivity index is 1.75. The number of hydrogen-bond donors (Lipinski definition) is 3. The smallest absolute Gasteiger partial charge is 0.303 e. The number of amides is 1. The van der Waals surface area contributed by atoms with Crippen molar-refractivity contribution in [3.8, 4) is 5.88 Å². The lowest BCUT2D eigenvalue weighted by molar-refractivity contribution is -0.137. The summed E-state index contributed by atoms with van der Waals surface area (Å²) in [7, 11) is 5.42. The van der Waals surface area contributed by atoms with Crippen LogP contribution in [0.2, 0.25) is 5.02 Å². The van der Waals surface area contributed by atoms with Crippen LogP contribution >= 0.6 is 11.6 Å². The van der Waals surface area contributed by atoms with E-state index in [2.05, 4.69) is 4.98 Å². The van der Waals surface area contributed by atoms with E-state index in [1.807, 2.05) is 73.6 Å². The molecule has 0 bridgehead atoms. The van der Waals surface area contributed by atoms with E-state index in [1.54, 1.807) is 24.1 Å². The first-order valence-electron chi connectivity index (χ1n) is 12.0. The number of H-pyrrole nitrogens is 1. The van der Waals surface area contributed by atoms with Gasteiger partial charge in [-0.25, -0.2) is 4.99 Å². The number of halogens is 1. The number of carbonyl (C=O) groups excluding carboxylic acids is 1. The fraction of sp³-hybridized carbons (Fsp3) is 0.207. The lowest BCUT2D eigenvalue weighted by atomic mass is 9.98. The molecule has 8 nitrogen and oxygen atoms in total. The summed E-state index contributed by atoms with van der Waals surface area (Å²) in [5, 5.41) is 21.2. The number of aromatic hydroxyl groups is 1. The maximum atomic E-state index is 12.4. The molecule has 0 aliphatic carbocycles. The standard InChI is InChI=1S/C29H29ClN4O4/c1-33(2)17-25(35)34(3)22-12-10-21(11-13-22)31-28(19-7-4-18(5-8-19)6-15-26(36)37)27-23-14-9-20(30)16-24(23)32-29(27)38/h4-5,7-14,16,32,38H,6,15,17H2,1-3H3,(H,36,37). The highest BCUT2D eigenvalue weighted by Gasteiger charge is 2.19. The number of benzene rings is 3. The highest BCUT2D eigenvalue weighted by molar-refractivity contribution is 6.31. The van der Waals surface area contributed by atoms with Crippen molar-refractivity contribution in [3.63, 3.8) is 0 Å². The van der Waals surface area contributed by atoms with Crippen molar-refractivity contribution in [3.05, 3.63) is 88.4 Å². The summed E-state index contributed by atoms with van der Waals surface area (Å²) < 4.78 is 0. The molecule has 9 heteroatoms. The zero-order valence-electron chi connectivity index (χ0n) is 21.4. The van der Waals surface area contributed by atoms with Crippen LogP contribution in [0.25, 0.3) is 10.9 Å². The molecular weight excluding hydrogens is 504 g/mol. The zero-order valence-corrected chi connectivity index (χ0v) is 22.2. The molecule has 3 N–H and O–H groups in total. The number of nitrogens with zero attached hydrogens (tertiary/aromatic N) is 3. The van der Waals surface area contributed by atoms with Crippen molar-refractivity contribution in [2.45, 2.75) is 12.8 Å². The molecule has 0 atom stereocenters. The number of aryl methyl sites for hydroxylation is 1. The molecule has 1 amide bonds. The van der Waals surface area contributed by atoms with Gasteiger partial charge in [-0.1, -0.05) is 41.9 Å². The number of fused-ring (bicyclic) bond motifs is 1. The topological polar surface area (TPSA) is 109 Å². The molecular formula is C29H29ClN4O4. The highest BCUT2D eigenvalue weighted by atomic mass is 35.5. The number of hydrogen-bond acceptors (Lipinski definition) is 5. The molecule has 0 saturated carbocycles. The number of aliphatic carboxylic acids is 1. The summed E-state index contributed by atoms with van der Waals surface area (Å²) in [4.78, 5) is 34.7. The Bertz CT molecular complexity index is 1490. The highest BCUT2D eigenvalue weighted by Crippen LogP contribution is 2.33. The first-order valence-corrected chi connectivity index (χ1v) is 12.4. The number of aromatic nitrogens is 1. The van der Waals surface area contributed by atoms with Gasteiger partial charge in [0.1, 0.15) is 0 Å². The molecule has 1 heterocycles. The Kier molecular flexibility index (Phi) is 8.14. The number of aromatic amines is 1. The Morgan fingerprint density at radius 1 is 0.974 bits per heavy atom. The van der Waals surface area contributed by atoms with Gasteiger partial charge in [-0.2, -0.15) is 0 Å². The minimum atomic E-state index is -0.851. The van der Waals surface area contributed by atoms with E-state index < -0.39 is 5.97 Å². The molecule has 3 aromatic carbocycles. The normalized spacial score (nSPS) is 11.8. The van der Waals surface area contributed by atoms with Gasteiger partial charge < -0.3 is 25.0 Å². The zero-order chi connectivity index (χ0) is 27.4. The van der Waals surface area contributed by atoms with Crippen molar-refractivity contribution < 1.29 is 19.8 Å². The Morgan fingerprint density at radius 3 is 2.29 bits per heavy atom. The van der Waals surface area contributed by atoms with Gasteiger partial charge in [-0.3, -0.25) is 9.59 Å². The van der Waals surface area contributed by atoms with Crippen molar-refractivity contribution >= 4 is 51.5 Å². The molecule has 4 rings (SSSR count). The van der Waals surface area contributed by atoms with Gasteiger partial charge in [-0.05, 0) is 62.5 Å². The lowest BCUT2D eigenvalue weighted by Crippen LogP contribution is -2.34. The molecule has 0 saturated heterocycles. The predicted octanol–water partition coefficient (Wildman–Crippen LogP) is 5.24. The average Bonchev–Trinajstić information content (AvgIpc) is 3.20. The summed E-state index contributed by atoms with van der Waals surface area (Å²) in [5.74, 6) is -0.921. The molecule has 0 fully saturated rings. The molecule has 196 valence electrons. The minimum Gasteiger partial charge on any atom is -0.494 e. The maximum Gasteiger partial charge on any atom is 0.303 e. The summed E-state index contributed by atoms with van der Waals surface area (Å²) >= 11 is 6.16. The third kappa shape index (κ3) is 6.22. The van der Waals surface area contributed by atoms with Crippen LogP contribution < -0.4 is 4.90 Å². The summed E-state index contributed by atoms with van der Waals surface area (Å²) in [5.41, 5.74) is 4.74. The minimum absolute atomic E-state index is 0.0303. The van der Waals surface area contributed by atoms with Gasteiger partial charge >= 0.3 is 5.97 Å². The number of rotatable bonds is 9. The number of nitrogens with one attached hydrogen (secondary N) is 1. The van der Waals surface area contributed by atoms with E-state index in [0.717, 1.165) is 22.2 Å². The Hall–Kier alpha value is -4.14. The van der Waals surface area contributed by atoms with Crippen LogP contribution in [0.4, 0.5) is 11.4 Å². The quantitative estimate of drug-likeness (QED) is 0.255. The predicted molar refractivity (Wildman–Crippen MR) is 151 cm³/mol. The van der Waals surface area contributed by atoms with Crippen molar-refractivity contribution in [1.29, 1.82) is 0 Å². The average molecular weight is 533 g/mol. The summed E-state index contributed by atoms with van der Waals surface area (Å²) in [6.45, 7) is 0.298. The van der Waals surface area contributed by atoms with E-state index >= 15 is 0 Å². The van der Waals surface area contributed by atoms with Crippen LogP contribution in [0.5, 0.6) is 5.88 Å². The van der Waals surface area contributed by atoms with Crippen molar-refractivity contribution in [1.82, 2.24) is 9.88 Å². The van der Waals surface area contributed by atoms with Crippen LogP contribution in [0.3, 0.4) is 0 Å². The van der Waals surface area contributed by atoms with Gasteiger partial charge in [-0.15, -0.1) is 0 Å². The fourth-order valence-electron chi connectivity index (χ4n) is 4.14. The Morgan fingerprint density at radius 2 is 1.66 bits per heavy atom. The number of carboxylic acids is 1. The first-order chi connectivity index (χ1) is 18.1. The second kappa shape index (κ2) is 11.5. The van der Waals surface area contributed by atoms with E-state index in [9.17, 15) is 14.7 Å². The van der Waals surface area contributed by atoms with E-state index in [4.69, 9.17) is 21.7 Å². The largest absolute Gasteiger partial charge is 0.494 e. The third-order valence-electron chi connectivity index (χ3n) is 6.14. The SMILES string of the molecule is CN(C)CC(=O)N(C)c1ccc(N=C(c2ccc(CCC(=O)O)cc2)c2c(O)[nH]c3cc(Cl)ccc23)cc1. The molecule has 0 radical (unpaired) electrons. The Labute approximate surface area is 225 Å². The fourth-order valence-corrected chi connectivity index (χ4v) is 4.31. The number of likely N-dealkylation sites (N-methyl/N-ethyl adjacent to an activating group) is 2. The first kappa shape index (κ1) is 26.9. The van der Waals surface area contributed by atoms with Crippen LogP contribution in [0.1, 0.15) is 23.1 Å². The van der Waals surface area contributed by atoms with Crippen molar-refractivity contribution in [2.75, 3.05) is 32.6 Å². The third-order valence-corrected chi connectivity index (χ3v) is 6.37. The van der Waals surface area contributed by atoms with Crippen molar-refractivity contribution in [2.24, 2.45) is 4.99 Å². The van der Waals surface area contributed by atoms with Crippen LogP contribution in [0.15, 0.2) is 71.7 Å². The molecule has 38 heavy (non-hydrogen) atoms. The molecule has 0 aliphatic rings.